The predicted molar refractivity (Wildman–Crippen MR) is 91.0 cm³/mol. The lowest BCUT2D eigenvalue weighted by Crippen LogP contribution is -2.14. The number of thiazole rings is 1. The number of halogens is 1. The van der Waals surface area contributed by atoms with Crippen LogP contribution in [0.25, 0.3) is 11.3 Å². The highest BCUT2D eigenvalue weighted by Crippen LogP contribution is 2.30. The number of benzene rings is 2. The highest BCUT2D eigenvalue weighted by Gasteiger charge is 2.12. The van der Waals surface area contributed by atoms with Crippen molar-refractivity contribution >= 4 is 22.4 Å². The van der Waals surface area contributed by atoms with Crippen LogP contribution >= 0.6 is 11.3 Å². The summed E-state index contributed by atoms with van der Waals surface area (Å²) in [4.78, 5) is 17.6. The summed E-state index contributed by atoms with van der Waals surface area (Å²) in [6.45, 7) is 1.97. The molecule has 0 saturated carbocycles. The van der Waals surface area contributed by atoms with Crippen LogP contribution < -0.4 is 5.32 Å². The maximum atomic E-state index is 13.1. The zero-order valence-corrected chi connectivity index (χ0v) is 13.4. The lowest BCUT2D eigenvalue weighted by Gasteiger charge is -2.02. The van der Waals surface area contributed by atoms with Gasteiger partial charge in [-0.3, -0.25) is 4.79 Å². The van der Waals surface area contributed by atoms with Crippen molar-refractivity contribution in [2.24, 2.45) is 0 Å². The van der Waals surface area contributed by atoms with E-state index in [9.17, 15) is 9.18 Å². The molecule has 3 aromatic rings. The van der Waals surface area contributed by atoms with Crippen LogP contribution in [0.1, 0.15) is 10.4 Å². The van der Waals surface area contributed by atoms with Crippen LogP contribution in [-0.2, 0) is 11.2 Å². The van der Waals surface area contributed by atoms with Crippen LogP contribution in [0.5, 0.6) is 0 Å². The summed E-state index contributed by atoms with van der Waals surface area (Å²) < 4.78 is 13.1. The third-order valence-corrected chi connectivity index (χ3v) is 4.23. The van der Waals surface area contributed by atoms with Gasteiger partial charge in [0.15, 0.2) is 5.13 Å². The number of amides is 1. The summed E-state index contributed by atoms with van der Waals surface area (Å²) in [5, 5.41) is 3.34. The molecule has 0 unspecified atom stereocenters. The predicted octanol–water partition coefficient (Wildman–Crippen LogP) is 4.44. The van der Waals surface area contributed by atoms with Gasteiger partial charge in [-0.1, -0.05) is 42.5 Å². The van der Waals surface area contributed by atoms with Crippen molar-refractivity contribution in [2.45, 2.75) is 13.3 Å². The summed E-state index contributed by atoms with van der Waals surface area (Å²) in [5.74, 6) is -0.546. The van der Waals surface area contributed by atoms with Crippen molar-refractivity contribution in [3.8, 4) is 11.3 Å². The van der Waals surface area contributed by atoms with Gasteiger partial charge in [-0.2, -0.15) is 0 Å². The minimum Gasteiger partial charge on any atom is -0.302 e. The number of hydrogen-bond acceptors (Lipinski definition) is 3. The second kappa shape index (κ2) is 6.71. The Balaban J connectivity index is 1.72. The number of aromatic nitrogens is 1. The standard InChI is InChI=1S/C18H15FN2OS/c1-12-17(14-7-3-2-4-8-14)21-18(23-12)20-16(22)11-13-6-5-9-15(19)10-13/h2-10H,11H2,1H3,(H,20,21,22). The number of carbonyl (C=O) groups is 1. The van der Waals surface area contributed by atoms with Gasteiger partial charge in [0, 0.05) is 10.4 Å². The van der Waals surface area contributed by atoms with Crippen LogP contribution in [0.3, 0.4) is 0 Å². The Labute approximate surface area is 137 Å². The molecule has 0 saturated heterocycles. The SMILES string of the molecule is Cc1sc(NC(=O)Cc2cccc(F)c2)nc1-c1ccccc1. The Morgan fingerprint density at radius 1 is 1.17 bits per heavy atom. The molecule has 0 aliphatic rings. The van der Waals surface area contributed by atoms with E-state index in [2.05, 4.69) is 10.3 Å². The lowest BCUT2D eigenvalue weighted by atomic mass is 10.1. The van der Waals surface area contributed by atoms with Gasteiger partial charge in [-0.15, -0.1) is 11.3 Å². The van der Waals surface area contributed by atoms with E-state index in [0.717, 1.165) is 16.1 Å². The normalized spacial score (nSPS) is 10.5. The molecule has 0 aliphatic carbocycles. The Hall–Kier alpha value is -2.53. The molecular weight excluding hydrogens is 311 g/mol. The number of carbonyl (C=O) groups excluding carboxylic acids is 1. The van der Waals surface area contributed by atoms with Gasteiger partial charge in [0.2, 0.25) is 5.91 Å². The minimum atomic E-state index is -0.341. The molecule has 0 bridgehead atoms. The van der Waals surface area contributed by atoms with Gasteiger partial charge in [0.1, 0.15) is 5.82 Å². The van der Waals surface area contributed by atoms with Crippen LogP contribution in [0.2, 0.25) is 0 Å². The molecule has 116 valence electrons. The second-order valence-corrected chi connectivity index (χ2v) is 6.35. The molecule has 23 heavy (non-hydrogen) atoms. The number of nitrogens with zero attached hydrogens (tertiary/aromatic N) is 1. The number of aryl methyl sites for hydroxylation is 1. The van der Waals surface area contributed by atoms with E-state index in [-0.39, 0.29) is 18.1 Å². The average Bonchev–Trinajstić information content (AvgIpc) is 2.88. The summed E-state index contributed by atoms with van der Waals surface area (Å²) >= 11 is 1.43. The van der Waals surface area contributed by atoms with Gasteiger partial charge in [-0.05, 0) is 24.6 Å². The van der Waals surface area contributed by atoms with Gasteiger partial charge in [-0.25, -0.2) is 9.37 Å². The molecule has 1 heterocycles. The maximum Gasteiger partial charge on any atom is 0.230 e. The smallest absolute Gasteiger partial charge is 0.230 e. The Morgan fingerprint density at radius 3 is 2.70 bits per heavy atom. The van der Waals surface area contributed by atoms with Crippen LogP contribution in [0, 0.1) is 12.7 Å². The first kappa shape index (κ1) is 15.4. The van der Waals surface area contributed by atoms with E-state index in [0.29, 0.717) is 10.7 Å². The summed E-state index contributed by atoms with van der Waals surface area (Å²) in [7, 11) is 0. The zero-order chi connectivity index (χ0) is 16.2. The number of rotatable bonds is 4. The van der Waals surface area contributed by atoms with Crippen molar-refractivity contribution < 1.29 is 9.18 Å². The first-order valence-electron chi connectivity index (χ1n) is 7.19. The van der Waals surface area contributed by atoms with E-state index in [1.165, 1.54) is 23.5 Å². The monoisotopic (exact) mass is 326 g/mol. The third kappa shape index (κ3) is 3.81. The number of anilines is 1. The molecule has 1 amide bonds. The Kier molecular flexibility index (Phi) is 4.48. The molecule has 0 fully saturated rings. The van der Waals surface area contributed by atoms with Crippen LogP contribution in [0.4, 0.5) is 9.52 Å². The van der Waals surface area contributed by atoms with Crippen molar-refractivity contribution in [3.63, 3.8) is 0 Å². The molecule has 0 aliphatic heterocycles. The van der Waals surface area contributed by atoms with E-state index in [1.807, 2.05) is 37.3 Å². The second-order valence-electron chi connectivity index (χ2n) is 5.14. The van der Waals surface area contributed by atoms with Crippen molar-refractivity contribution in [1.82, 2.24) is 4.98 Å². The van der Waals surface area contributed by atoms with Crippen molar-refractivity contribution in [2.75, 3.05) is 5.32 Å². The highest BCUT2D eigenvalue weighted by molar-refractivity contribution is 7.16. The molecule has 0 spiro atoms. The molecule has 3 rings (SSSR count). The fourth-order valence-electron chi connectivity index (χ4n) is 2.31. The quantitative estimate of drug-likeness (QED) is 0.770. The van der Waals surface area contributed by atoms with Gasteiger partial charge in [0.25, 0.3) is 0 Å². The molecule has 1 aromatic heterocycles. The largest absolute Gasteiger partial charge is 0.302 e. The van der Waals surface area contributed by atoms with Crippen LogP contribution in [0.15, 0.2) is 54.6 Å². The average molecular weight is 326 g/mol. The zero-order valence-electron chi connectivity index (χ0n) is 12.5. The lowest BCUT2D eigenvalue weighted by molar-refractivity contribution is -0.115. The minimum absolute atomic E-state index is 0.122. The highest BCUT2D eigenvalue weighted by atomic mass is 32.1. The van der Waals surface area contributed by atoms with Crippen molar-refractivity contribution in [1.29, 1.82) is 0 Å². The molecule has 1 N–H and O–H groups in total. The molecular formula is C18H15FN2OS. The number of hydrogen-bond donors (Lipinski definition) is 1. The first-order valence-corrected chi connectivity index (χ1v) is 8.00. The molecule has 0 atom stereocenters. The molecule has 0 radical (unpaired) electrons. The third-order valence-electron chi connectivity index (χ3n) is 3.34. The van der Waals surface area contributed by atoms with Gasteiger partial charge in [0.05, 0.1) is 12.1 Å². The topological polar surface area (TPSA) is 42.0 Å². The van der Waals surface area contributed by atoms with Gasteiger partial charge < -0.3 is 5.32 Å². The van der Waals surface area contributed by atoms with E-state index in [4.69, 9.17) is 0 Å². The fraction of sp³-hybridized carbons (Fsp3) is 0.111. The Bertz CT molecular complexity index is 830. The van der Waals surface area contributed by atoms with E-state index in [1.54, 1.807) is 12.1 Å². The summed E-state index contributed by atoms with van der Waals surface area (Å²) in [6.07, 6.45) is 0.122. The maximum absolute atomic E-state index is 13.1. The Morgan fingerprint density at radius 2 is 1.96 bits per heavy atom. The molecule has 5 heteroatoms. The summed E-state index contributed by atoms with van der Waals surface area (Å²) in [5.41, 5.74) is 2.53. The van der Waals surface area contributed by atoms with Crippen LogP contribution in [-0.4, -0.2) is 10.9 Å². The van der Waals surface area contributed by atoms with E-state index >= 15 is 0 Å². The summed E-state index contributed by atoms with van der Waals surface area (Å²) in [6, 6.07) is 15.9. The van der Waals surface area contributed by atoms with Crippen molar-refractivity contribution in [3.05, 3.63) is 70.9 Å². The molecule has 3 nitrogen and oxygen atoms in total. The molecule has 2 aromatic carbocycles. The number of nitrogens with one attached hydrogen (secondary N) is 1. The first-order chi connectivity index (χ1) is 11.1. The van der Waals surface area contributed by atoms with Gasteiger partial charge >= 0.3 is 0 Å². The van der Waals surface area contributed by atoms with E-state index < -0.39 is 0 Å². The fourth-order valence-corrected chi connectivity index (χ4v) is 3.16.